The van der Waals surface area contributed by atoms with Gasteiger partial charge in [0.2, 0.25) is 5.75 Å². The molecule has 3 rings (SSSR count). The summed E-state index contributed by atoms with van der Waals surface area (Å²) in [6.07, 6.45) is -5.22. The van der Waals surface area contributed by atoms with Gasteiger partial charge in [-0.15, -0.1) is 0 Å². The lowest BCUT2D eigenvalue weighted by Gasteiger charge is -2.21. The molecule has 0 saturated heterocycles. The maximum Gasteiger partial charge on any atom is 0.425 e. The highest BCUT2D eigenvalue weighted by atomic mass is 32.2. The summed E-state index contributed by atoms with van der Waals surface area (Å²) < 4.78 is 63.9. The molecular formula is C21H23F3N4O4S. The molecule has 0 saturated carbocycles. The molecule has 0 amide bonds. The van der Waals surface area contributed by atoms with E-state index in [9.17, 15) is 13.2 Å². The third-order valence-electron chi connectivity index (χ3n) is 4.62. The number of hydrogen-bond donors (Lipinski definition) is 2. The van der Waals surface area contributed by atoms with E-state index in [4.69, 9.17) is 18.9 Å². The van der Waals surface area contributed by atoms with E-state index in [0.29, 0.717) is 28.2 Å². The predicted molar refractivity (Wildman–Crippen MR) is 120 cm³/mol. The first-order chi connectivity index (χ1) is 15.7. The van der Waals surface area contributed by atoms with Crippen LogP contribution in [0.25, 0.3) is 10.9 Å². The average Bonchev–Trinajstić information content (AvgIpc) is 2.78. The molecule has 8 nitrogen and oxygen atoms in total. The van der Waals surface area contributed by atoms with E-state index in [1.807, 2.05) is 0 Å². The zero-order chi connectivity index (χ0) is 24.2. The number of fused-ring (bicyclic) bond motifs is 1. The van der Waals surface area contributed by atoms with Crippen molar-refractivity contribution in [1.29, 1.82) is 0 Å². The Bertz CT molecular complexity index is 1130. The molecule has 1 heterocycles. The van der Waals surface area contributed by atoms with Crippen LogP contribution in [0.4, 0.5) is 24.7 Å². The second kappa shape index (κ2) is 10.2. The molecule has 0 aliphatic carbocycles. The van der Waals surface area contributed by atoms with Crippen LogP contribution >= 0.6 is 11.9 Å². The maximum absolute atomic E-state index is 13.1. The number of aromatic nitrogens is 2. The van der Waals surface area contributed by atoms with Crippen LogP contribution in [0.1, 0.15) is 6.92 Å². The Morgan fingerprint density at radius 3 is 2.30 bits per heavy atom. The van der Waals surface area contributed by atoms with Gasteiger partial charge >= 0.3 is 6.18 Å². The molecule has 2 N–H and O–H groups in total. The maximum atomic E-state index is 13.1. The average molecular weight is 485 g/mol. The van der Waals surface area contributed by atoms with Crippen LogP contribution in [-0.4, -0.2) is 50.6 Å². The molecule has 1 atom stereocenters. The van der Waals surface area contributed by atoms with E-state index in [0.717, 1.165) is 11.8 Å². The van der Waals surface area contributed by atoms with Crippen molar-refractivity contribution in [2.75, 3.05) is 33.7 Å². The van der Waals surface area contributed by atoms with Crippen LogP contribution < -0.4 is 29.0 Å². The standard InChI is InChI=1S/C21H23F3N4O4S/c1-11(21(22,23)24)32-15-7-6-12(33-25-2)8-13(15)28-20-17-14(26-10-27-20)9-16(29-3)18(30-4)19(17)31-5/h6-11,25H,1-5H3,(H,26,27,28). The summed E-state index contributed by atoms with van der Waals surface area (Å²) in [5, 5.41) is 3.53. The topological polar surface area (TPSA) is 86.8 Å². The Kier molecular flexibility index (Phi) is 7.59. The Morgan fingerprint density at radius 2 is 1.70 bits per heavy atom. The summed E-state index contributed by atoms with van der Waals surface area (Å²) in [5.74, 6) is 1.33. The van der Waals surface area contributed by atoms with Crippen molar-refractivity contribution in [2.45, 2.75) is 24.1 Å². The molecule has 2 aromatic carbocycles. The van der Waals surface area contributed by atoms with Gasteiger partial charge in [-0.2, -0.15) is 13.2 Å². The molecule has 12 heteroatoms. The lowest BCUT2D eigenvalue weighted by atomic mass is 10.1. The summed E-state index contributed by atoms with van der Waals surface area (Å²) in [6.45, 7) is 0.945. The highest BCUT2D eigenvalue weighted by molar-refractivity contribution is 7.97. The highest BCUT2D eigenvalue weighted by Gasteiger charge is 2.38. The highest BCUT2D eigenvalue weighted by Crippen LogP contribution is 2.46. The molecule has 0 bridgehead atoms. The second-order valence-electron chi connectivity index (χ2n) is 6.65. The van der Waals surface area contributed by atoms with E-state index in [1.54, 1.807) is 25.2 Å². The number of ether oxygens (including phenoxy) is 4. The van der Waals surface area contributed by atoms with Gasteiger partial charge < -0.3 is 24.3 Å². The fourth-order valence-electron chi connectivity index (χ4n) is 3.06. The minimum Gasteiger partial charge on any atom is -0.493 e. The number of rotatable bonds is 9. The van der Waals surface area contributed by atoms with E-state index < -0.39 is 12.3 Å². The second-order valence-corrected chi connectivity index (χ2v) is 7.74. The molecule has 0 aliphatic heterocycles. The first kappa shape index (κ1) is 24.5. The Hall–Kier alpha value is -3.12. The molecule has 3 aromatic rings. The molecule has 0 fully saturated rings. The molecule has 0 aliphatic rings. The summed E-state index contributed by atoms with van der Waals surface area (Å²) >= 11 is 1.29. The summed E-state index contributed by atoms with van der Waals surface area (Å²) in [7, 11) is 6.14. The zero-order valence-corrected chi connectivity index (χ0v) is 19.4. The number of alkyl halides is 3. The van der Waals surface area contributed by atoms with Crippen molar-refractivity contribution in [3.8, 4) is 23.0 Å². The number of anilines is 2. The lowest BCUT2D eigenvalue weighted by molar-refractivity contribution is -0.189. The van der Waals surface area contributed by atoms with Crippen molar-refractivity contribution < 1.29 is 32.1 Å². The van der Waals surface area contributed by atoms with Gasteiger partial charge in [0.15, 0.2) is 17.6 Å². The Labute approximate surface area is 192 Å². The predicted octanol–water partition coefficient (Wildman–Crippen LogP) is 4.96. The van der Waals surface area contributed by atoms with Gasteiger partial charge in [0.25, 0.3) is 0 Å². The van der Waals surface area contributed by atoms with Gasteiger partial charge in [-0.3, -0.25) is 4.72 Å². The van der Waals surface area contributed by atoms with Gasteiger partial charge in [0, 0.05) is 11.0 Å². The summed E-state index contributed by atoms with van der Waals surface area (Å²) in [5.41, 5.74) is 0.761. The molecule has 0 spiro atoms. The summed E-state index contributed by atoms with van der Waals surface area (Å²) in [6, 6.07) is 6.42. The van der Waals surface area contributed by atoms with Gasteiger partial charge in [-0.05, 0) is 44.1 Å². The van der Waals surface area contributed by atoms with Crippen LogP contribution in [0.15, 0.2) is 35.5 Å². The smallest absolute Gasteiger partial charge is 0.425 e. The first-order valence-corrected chi connectivity index (χ1v) is 10.5. The minimum atomic E-state index is -4.52. The largest absolute Gasteiger partial charge is 0.493 e. The number of nitrogens with one attached hydrogen (secondary N) is 2. The number of methoxy groups -OCH3 is 3. The van der Waals surface area contributed by atoms with Crippen molar-refractivity contribution in [3.63, 3.8) is 0 Å². The number of benzene rings is 2. The SMILES string of the molecule is CNSc1ccc(OC(C)C(F)(F)F)c(Nc2ncnc3cc(OC)c(OC)c(OC)c23)c1. The fraction of sp³-hybridized carbons (Fsp3) is 0.333. The first-order valence-electron chi connectivity index (χ1n) is 9.65. The minimum absolute atomic E-state index is 0.00600. The lowest BCUT2D eigenvalue weighted by Crippen LogP contribution is -2.31. The van der Waals surface area contributed by atoms with Crippen LogP contribution in [0.5, 0.6) is 23.0 Å². The van der Waals surface area contributed by atoms with Crippen molar-refractivity contribution in [2.24, 2.45) is 0 Å². The number of hydrogen-bond acceptors (Lipinski definition) is 9. The van der Waals surface area contributed by atoms with Crippen molar-refractivity contribution in [3.05, 3.63) is 30.6 Å². The van der Waals surface area contributed by atoms with E-state index in [2.05, 4.69) is 20.0 Å². The van der Waals surface area contributed by atoms with Gasteiger partial charge in [-0.1, -0.05) is 0 Å². The van der Waals surface area contributed by atoms with Crippen LogP contribution in [0.2, 0.25) is 0 Å². The van der Waals surface area contributed by atoms with Gasteiger partial charge in [-0.25, -0.2) is 9.97 Å². The number of halogens is 3. The number of nitrogens with zero attached hydrogens (tertiary/aromatic N) is 2. The normalized spacial score (nSPS) is 12.4. The van der Waals surface area contributed by atoms with E-state index in [-0.39, 0.29) is 17.3 Å². The Morgan fingerprint density at radius 1 is 0.970 bits per heavy atom. The van der Waals surface area contributed by atoms with Gasteiger partial charge in [0.1, 0.15) is 17.9 Å². The van der Waals surface area contributed by atoms with Crippen LogP contribution in [0.3, 0.4) is 0 Å². The van der Waals surface area contributed by atoms with E-state index in [1.165, 1.54) is 45.7 Å². The summed E-state index contributed by atoms with van der Waals surface area (Å²) in [4.78, 5) is 9.30. The monoisotopic (exact) mass is 484 g/mol. The zero-order valence-electron chi connectivity index (χ0n) is 18.5. The van der Waals surface area contributed by atoms with Gasteiger partial charge in [0.05, 0.1) is 37.9 Å². The third kappa shape index (κ3) is 5.28. The van der Waals surface area contributed by atoms with Crippen LogP contribution in [0, 0.1) is 0 Å². The third-order valence-corrected chi connectivity index (χ3v) is 5.31. The van der Waals surface area contributed by atoms with Crippen LogP contribution in [-0.2, 0) is 0 Å². The molecule has 1 unspecified atom stereocenters. The molecular weight excluding hydrogens is 461 g/mol. The van der Waals surface area contributed by atoms with Crippen molar-refractivity contribution in [1.82, 2.24) is 14.7 Å². The molecule has 1 aromatic heterocycles. The quantitative estimate of drug-likeness (QED) is 0.410. The van der Waals surface area contributed by atoms with E-state index >= 15 is 0 Å². The molecule has 0 radical (unpaired) electrons. The molecule has 33 heavy (non-hydrogen) atoms. The molecule has 178 valence electrons. The fourth-order valence-corrected chi connectivity index (χ4v) is 3.61. The van der Waals surface area contributed by atoms with Crippen molar-refractivity contribution >= 4 is 34.4 Å². The Balaban J connectivity index is 2.15.